The molecule has 1 saturated heterocycles. The SMILES string of the molecule is CCC1CN(C(C)(C)C)CC1N. The van der Waals surface area contributed by atoms with Gasteiger partial charge in [0.1, 0.15) is 0 Å². The Balaban J connectivity index is 2.54. The second-order valence-corrected chi connectivity index (χ2v) is 4.91. The molecule has 1 heterocycles. The summed E-state index contributed by atoms with van der Waals surface area (Å²) in [4.78, 5) is 2.49. The van der Waals surface area contributed by atoms with Crippen LogP contribution in [0.4, 0.5) is 0 Å². The normalized spacial score (nSPS) is 32.8. The first-order valence-corrected chi connectivity index (χ1v) is 4.95. The van der Waals surface area contributed by atoms with Crippen molar-refractivity contribution in [2.45, 2.75) is 45.7 Å². The highest BCUT2D eigenvalue weighted by molar-refractivity contribution is 4.91. The fourth-order valence-electron chi connectivity index (χ4n) is 1.88. The molecule has 0 aromatic rings. The minimum Gasteiger partial charge on any atom is -0.326 e. The molecule has 72 valence electrons. The van der Waals surface area contributed by atoms with E-state index in [1.54, 1.807) is 0 Å². The molecule has 0 aromatic carbocycles. The number of nitrogens with zero attached hydrogens (tertiary/aromatic N) is 1. The van der Waals surface area contributed by atoms with Gasteiger partial charge in [-0.05, 0) is 26.7 Å². The Hall–Kier alpha value is -0.0800. The molecular formula is C10H22N2. The molecule has 1 aliphatic heterocycles. The molecule has 0 radical (unpaired) electrons. The van der Waals surface area contributed by atoms with Gasteiger partial charge in [0.15, 0.2) is 0 Å². The van der Waals surface area contributed by atoms with E-state index >= 15 is 0 Å². The number of nitrogens with two attached hydrogens (primary N) is 1. The fourth-order valence-corrected chi connectivity index (χ4v) is 1.88. The first-order valence-electron chi connectivity index (χ1n) is 4.95. The molecule has 1 rings (SSSR count). The lowest BCUT2D eigenvalue weighted by Gasteiger charge is -2.31. The van der Waals surface area contributed by atoms with Gasteiger partial charge in [0.25, 0.3) is 0 Å². The maximum Gasteiger partial charge on any atom is 0.0208 e. The van der Waals surface area contributed by atoms with E-state index in [-0.39, 0.29) is 0 Å². The van der Waals surface area contributed by atoms with Gasteiger partial charge >= 0.3 is 0 Å². The quantitative estimate of drug-likeness (QED) is 0.645. The van der Waals surface area contributed by atoms with Crippen molar-refractivity contribution in [2.24, 2.45) is 11.7 Å². The van der Waals surface area contributed by atoms with Gasteiger partial charge in [-0.1, -0.05) is 13.3 Å². The van der Waals surface area contributed by atoms with E-state index in [0.29, 0.717) is 17.5 Å². The summed E-state index contributed by atoms with van der Waals surface area (Å²) in [5, 5.41) is 0. The largest absolute Gasteiger partial charge is 0.326 e. The number of rotatable bonds is 1. The van der Waals surface area contributed by atoms with Crippen LogP contribution < -0.4 is 5.73 Å². The van der Waals surface area contributed by atoms with E-state index in [9.17, 15) is 0 Å². The lowest BCUT2D eigenvalue weighted by Crippen LogP contribution is -2.40. The van der Waals surface area contributed by atoms with Crippen molar-refractivity contribution in [3.63, 3.8) is 0 Å². The molecule has 12 heavy (non-hydrogen) atoms. The summed E-state index contributed by atoms with van der Waals surface area (Å²) in [5.41, 5.74) is 6.33. The highest BCUT2D eigenvalue weighted by atomic mass is 15.2. The van der Waals surface area contributed by atoms with E-state index in [4.69, 9.17) is 5.73 Å². The van der Waals surface area contributed by atoms with Crippen molar-refractivity contribution in [2.75, 3.05) is 13.1 Å². The zero-order chi connectivity index (χ0) is 9.35. The number of hydrogen-bond acceptors (Lipinski definition) is 2. The molecule has 0 bridgehead atoms. The van der Waals surface area contributed by atoms with Crippen LogP contribution in [0.1, 0.15) is 34.1 Å². The maximum absolute atomic E-state index is 6.03. The Bertz CT molecular complexity index is 148. The summed E-state index contributed by atoms with van der Waals surface area (Å²) in [5.74, 6) is 0.712. The molecule has 1 aliphatic rings. The Kier molecular flexibility index (Phi) is 2.79. The van der Waals surface area contributed by atoms with Gasteiger partial charge in [0, 0.05) is 24.7 Å². The Morgan fingerprint density at radius 3 is 2.17 bits per heavy atom. The molecule has 0 aliphatic carbocycles. The molecule has 0 spiro atoms. The predicted octanol–water partition coefficient (Wildman–Crippen LogP) is 1.45. The van der Waals surface area contributed by atoms with Crippen molar-refractivity contribution in [3.05, 3.63) is 0 Å². The average Bonchev–Trinajstić information content (AvgIpc) is 2.29. The number of hydrogen-bond donors (Lipinski definition) is 1. The monoisotopic (exact) mass is 170 g/mol. The van der Waals surface area contributed by atoms with E-state index in [1.165, 1.54) is 13.0 Å². The molecule has 2 heteroatoms. The van der Waals surface area contributed by atoms with Gasteiger partial charge in [-0.25, -0.2) is 0 Å². The van der Waals surface area contributed by atoms with Crippen LogP contribution >= 0.6 is 0 Å². The van der Waals surface area contributed by atoms with Crippen LogP contribution in [0.15, 0.2) is 0 Å². The Morgan fingerprint density at radius 2 is 1.92 bits per heavy atom. The van der Waals surface area contributed by atoms with Crippen molar-refractivity contribution >= 4 is 0 Å². The Labute approximate surface area is 76.1 Å². The van der Waals surface area contributed by atoms with Crippen LogP contribution in [0.5, 0.6) is 0 Å². The lowest BCUT2D eigenvalue weighted by atomic mass is 10.0. The molecule has 0 aromatic heterocycles. The average molecular weight is 170 g/mol. The van der Waals surface area contributed by atoms with Gasteiger partial charge in [-0.2, -0.15) is 0 Å². The van der Waals surface area contributed by atoms with Crippen LogP contribution in [0.2, 0.25) is 0 Å². The molecule has 2 nitrogen and oxygen atoms in total. The predicted molar refractivity (Wildman–Crippen MR) is 53.1 cm³/mol. The third-order valence-corrected chi connectivity index (χ3v) is 2.96. The molecule has 1 fully saturated rings. The highest BCUT2D eigenvalue weighted by Gasteiger charge is 2.34. The molecule has 2 atom stereocenters. The molecular weight excluding hydrogens is 148 g/mol. The van der Waals surface area contributed by atoms with Crippen LogP contribution in [0, 0.1) is 5.92 Å². The van der Waals surface area contributed by atoms with E-state index in [1.807, 2.05) is 0 Å². The number of likely N-dealkylation sites (tertiary alicyclic amines) is 1. The van der Waals surface area contributed by atoms with Crippen molar-refractivity contribution in [3.8, 4) is 0 Å². The van der Waals surface area contributed by atoms with Crippen molar-refractivity contribution in [1.29, 1.82) is 0 Å². The van der Waals surface area contributed by atoms with Gasteiger partial charge in [0.05, 0.1) is 0 Å². The van der Waals surface area contributed by atoms with Crippen LogP contribution in [-0.4, -0.2) is 29.6 Å². The van der Waals surface area contributed by atoms with E-state index in [2.05, 4.69) is 32.6 Å². The first kappa shape index (κ1) is 10.0. The van der Waals surface area contributed by atoms with Gasteiger partial charge in [-0.15, -0.1) is 0 Å². The summed E-state index contributed by atoms with van der Waals surface area (Å²) >= 11 is 0. The van der Waals surface area contributed by atoms with E-state index in [0.717, 1.165) is 6.54 Å². The van der Waals surface area contributed by atoms with Crippen molar-refractivity contribution < 1.29 is 0 Å². The standard InChI is InChI=1S/C10H22N2/c1-5-8-6-12(7-9(8)11)10(2,3)4/h8-9H,5-7,11H2,1-4H3. The van der Waals surface area contributed by atoms with Crippen molar-refractivity contribution in [1.82, 2.24) is 4.90 Å². The smallest absolute Gasteiger partial charge is 0.0208 e. The van der Waals surface area contributed by atoms with Crippen LogP contribution in [0.3, 0.4) is 0 Å². The molecule has 0 amide bonds. The Morgan fingerprint density at radius 1 is 1.33 bits per heavy atom. The first-order chi connectivity index (χ1) is 5.45. The van der Waals surface area contributed by atoms with Crippen LogP contribution in [-0.2, 0) is 0 Å². The molecule has 0 saturated carbocycles. The van der Waals surface area contributed by atoms with Gasteiger partial charge in [0.2, 0.25) is 0 Å². The highest BCUT2D eigenvalue weighted by Crippen LogP contribution is 2.25. The second-order valence-electron chi connectivity index (χ2n) is 4.91. The van der Waals surface area contributed by atoms with Crippen LogP contribution in [0.25, 0.3) is 0 Å². The summed E-state index contributed by atoms with van der Waals surface area (Å²) < 4.78 is 0. The summed E-state index contributed by atoms with van der Waals surface area (Å²) in [7, 11) is 0. The van der Waals surface area contributed by atoms with Gasteiger partial charge in [-0.3, -0.25) is 4.90 Å². The van der Waals surface area contributed by atoms with E-state index < -0.39 is 0 Å². The zero-order valence-electron chi connectivity index (χ0n) is 8.80. The zero-order valence-corrected chi connectivity index (χ0v) is 8.80. The minimum absolute atomic E-state index is 0.293. The minimum atomic E-state index is 0.293. The summed E-state index contributed by atoms with van der Waals surface area (Å²) in [6.45, 7) is 11.3. The molecule has 2 N–H and O–H groups in total. The third-order valence-electron chi connectivity index (χ3n) is 2.96. The second kappa shape index (κ2) is 3.35. The lowest BCUT2D eigenvalue weighted by molar-refractivity contribution is 0.167. The molecule has 2 unspecified atom stereocenters. The summed E-state index contributed by atoms with van der Waals surface area (Å²) in [6, 6.07) is 0.397. The van der Waals surface area contributed by atoms with Gasteiger partial charge < -0.3 is 5.73 Å². The fraction of sp³-hybridized carbons (Fsp3) is 1.00. The topological polar surface area (TPSA) is 29.3 Å². The maximum atomic E-state index is 6.03. The summed E-state index contributed by atoms with van der Waals surface area (Å²) in [6.07, 6.45) is 1.22. The third kappa shape index (κ3) is 1.99.